The van der Waals surface area contributed by atoms with Crippen molar-refractivity contribution in [1.82, 2.24) is 4.72 Å². The second kappa shape index (κ2) is 11.7. The molecule has 1 aliphatic rings. The second-order valence-electron chi connectivity index (χ2n) is 9.00. The molecule has 0 radical (unpaired) electrons. The van der Waals surface area contributed by atoms with Crippen LogP contribution < -0.4 is 9.62 Å². The normalized spacial score (nSPS) is 22.4. The molecule has 1 aromatic heterocycles. The first-order valence-electron chi connectivity index (χ1n) is 12.3. The Hall–Kier alpha value is -3.24. The topological polar surface area (TPSA) is 156 Å². The van der Waals surface area contributed by atoms with Gasteiger partial charge in [0.25, 0.3) is 10.0 Å². The molecule has 10 nitrogen and oxygen atoms in total. The molecule has 0 saturated carbocycles. The van der Waals surface area contributed by atoms with Gasteiger partial charge in [0, 0.05) is 30.4 Å². The molecule has 0 aliphatic carbocycles. The van der Waals surface area contributed by atoms with Crippen LogP contribution in [0.1, 0.15) is 19.6 Å². The fourth-order valence-electron chi connectivity index (χ4n) is 4.47. The number of fused-ring (bicyclic) bond motifs is 1. The molecule has 11 heteroatoms. The minimum Gasteiger partial charge on any atom is -0.457 e. The summed E-state index contributed by atoms with van der Waals surface area (Å²) < 4.78 is 38.9. The summed E-state index contributed by atoms with van der Waals surface area (Å²) in [6.45, 7) is 5.25. The molecule has 4 rings (SSSR count). The molecule has 202 valence electrons. The van der Waals surface area contributed by atoms with Crippen molar-refractivity contribution in [2.24, 2.45) is 0 Å². The van der Waals surface area contributed by atoms with E-state index in [9.17, 15) is 29.0 Å². The Kier molecular flexibility index (Phi) is 8.52. The van der Waals surface area contributed by atoms with Crippen LogP contribution in [0.3, 0.4) is 0 Å². The lowest BCUT2D eigenvalue weighted by molar-refractivity contribution is -0.158. The van der Waals surface area contributed by atoms with Crippen LogP contribution in [0, 0.1) is 11.3 Å². The third kappa shape index (κ3) is 5.76. The molecule has 2 aromatic carbocycles. The highest BCUT2D eigenvalue weighted by Crippen LogP contribution is 2.29. The standard InChI is InChI=1S/C27H31N3O7S/c1-3-30(4-2)20-8-7-17-11-19(6-5-18(17)12-20)24-10-9-21(37-24)13-22(14-28)38(34,35)29-23-16-36-25(15-31)27(33)26(23)32/h5-13,23,25-27,29,31-33H,3-4,15-16H2,1-2H3/b22-13+/t23-,25+,26+,27+/m0/s1. The summed E-state index contributed by atoms with van der Waals surface area (Å²) in [5, 5.41) is 41.0. The van der Waals surface area contributed by atoms with Crippen LogP contribution in [0.15, 0.2) is 57.9 Å². The van der Waals surface area contributed by atoms with Gasteiger partial charge in [0.15, 0.2) is 4.91 Å². The minimum absolute atomic E-state index is 0.153. The summed E-state index contributed by atoms with van der Waals surface area (Å²) in [5.41, 5.74) is 1.94. The van der Waals surface area contributed by atoms with Crippen LogP contribution in [0.5, 0.6) is 0 Å². The number of nitriles is 1. The van der Waals surface area contributed by atoms with Gasteiger partial charge in [0.1, 0.15) is 35.9 Å². The Morgan fingerprint density at radius 1 is 1.11 bits per heavy atom. The summed E-state index contributed by atoms with van der Waals surface area (Å²) in [6.07, 6.45) is -2.96. The Morgan fingerprint density at radius 3 is 2.50 bits per heavy atom. The van der Waals surface area contributed by atoms with Crippen molar-refractivity contribution in [3.8, 4) is 17.4 Å². The van der Waals surface area contributed by atoms with Gasteiger partial charge in [-0.25, -0.2) is 13.1 Å². The highest BCUT2D eigenvalue weighted by atomic mass is 32.2. The molecule has 2 heterocycles. The number of allylic oxidation sites excluding steroid dienone is 1. The van der Waals surface area contributed by atoms with E-state index < -0.39 is 45.9 Å². The van der Waals surface area contributed by atoms with Crippen molar-refractivity contribution < 1.29 is 32.9 Å². The Labute approximate surface area is 221 Å². The van der Waals surface area contributed by atoms with E-state index in [-0.39, 0.29) is 12.4 Å². The van der Waals surface area contributed by atoms with Crippen LogP contribution in [-0.2, 0) is 14.8 Å². The van der Waals surface area contributed by atoms with Gasteiger partial charge in [0.2, 0.25) is 0 Å². The van der Waals surface area contributed by atoms with E-state index in [1.807, 2.05) is 24.3 Å². The average molecular weight is 542 g/mol. The van der Waals surface area contributed by atoms with Gasteiger partial charge in [-0.3, -0.25) is 0 Å². The monoisotopic (exact) mass is 541 g/mol. The van der Waals surface area contributed by atoms with Crippen molar-refractivity contribution in [3.63, 3.8) is 0 Å². The van der Waals surface area contributed by atoms with E-state index in [1.165, 1.54) is 0 Å². The maximum Gasteiger partial charge on any atom is 0.251 e. The Bertz CT molecular complexity index is 1460. The van der Waals surface area contributed by atoms with Crippen LogP contribution >= 0.6 is 0 Å². The molecule has 1 aliphatic heterocycles. The van der Waals surface area contributed by atoms with E-state index in [2.05, 4.69) is 35.6 Å². The number of benzene rings is 2. The highest BCUT2D eigenvalue weighted by molar-refractivity contribution is 7.93. The fraction of sp³-hybridized carbons (Fsp3) is 0.370. The summed E-state index contributed by atoms with van der Waals surface area (Å²) in [6, 6.07) is 15.8. The molecule has 38 heavy (non-hydrogen) atoms. The number of anilines is 1. The first kappa shape index (κ1) is 27.8. The lowest BCUT2D eigenvalue weighted by Gasteiger charge is -2.36. The van der Waals surface area contributed by atoms with Crippen LogP contribution in [0.4, 0.5) is 5.69 Å². The number of aliphatic hydroxyl groups is 3. The Morgan fingerprint density at radius 2 is 1.82 bits per heavy atom. The van der Waals surface area contributed by atoms with Crippen LogP contribution in [0.2, 0.25) is 0 Å². The largest absolute Gasteiger partial charge is 0.457 e. The molecule has 4 atom stereocenters. The molecule has 0 unspecified atom stereocenters. The molecule has 3 aromatic rings. The maximum absolute atomic E-state index is 12.8. The zero-order valence-corrected chi connectivity index (χ0v) is 21.9. The number of rotatable bonds is 9. The lowest BCUT2D eigenvalue weighted by atomic mass is 9.99. The molecule has 1 fully saturated rings. The zero-order valence-electron chi connectivity index (χ0n) is 21.1. The summed E-state index contributed by atoms with van der Waals surface area (Å²) in [4.78, 5) is 1.64. The molecule has 0 spiro atoms. The van der Waals surface area contributed by atoms with Gasteiger partial charge in [0.05, 0.1) is 19.3 Å². The summed E-state index contributed by atoms with van der Waals surface area (Å²) in [7, 11) is -4.38. The lowest BCUT2D eigenvalue weighted by Crippen LogP contribution is -2.59. The fourth-order valence-corrected chi connectivity index (χ4v) is 5.59. The number of furan rings is 1. The minimum atomic E-state index is -4.38. The van der Waals surface area contributed by atoms with Crippen molar-refractivity contribution in [3.05, 3.63) is 59.2 Å². The smallest absolute Gasteiger partial charge is 0.251 e. The summed E-state index contributed by atoms with van der Waals surface area (Å²) in [5.74, 6) is 0.655. The van der Waals surface area contributed by atoms with E-state index in [4.69, 9.17) is 9.15 Å². The predicted octanol–water partition coefficient (Wildman–Crippen LogP) is 2.21. The molecular weight excluding hydrogens is 510 g/mol. The quantitative estimate of drug-likeness (QED) is 0.298. The Balaban J connectivity index is 1.54. The number of aliphatic hydroxyl groups excluding tert-OH is 3. The molecule has 0 bridgehead atoms. The van der Waals surface area contributed by atoms with Crippen molar-refractivity contribution >= 4 is 32.6 Å². The first-order chi connectivity index (χ1) is 18.2. The van der Waals surface area contributed by atoms with Crippen molar-refractivity contribution in [2.45, 2.75) is 38.2 Å². The van der Waals surface area contributed by atoms with Gasteiger partial charge in [-0.2, -0.15) is 5.26 Å². The predicted molar refractivity (Wildman–Crippen MR) is 143 cm³/mol. The number of nitrogens with one attached hydrogen (secondary N) is 1. The van der Waals surface area contributed by atoms with Crippen molar-refractivity contribution in [2.75, 3.05) is 31.2 Å². The van der Waals surface area contributed by atoms with Crippen LogP contribution in [0.25, 0.3) is 28.2 Å². The zero-order chi connectivity index (χ0) is 27.4. The van der Waals surface area contributed by atoms with Gasteiger partial charge in [-0.1, -0.05) is 18.2 Å². The molecule has 1 saturated heterocycles. The number of ether oxygens (including phenoxy) is 1. The third-order valence-electron chi connectivity index (χ3n) is 6.66. The maximum atomic E-state index is 12.8. The molecule has 0 amide bonds. The third-order valence-corrected chi connectivity index (χ3v) is 8.06. The highest BCUT2D eigenvalue weighted by Gasteiger charge is 2.40. The summed E-state index contributed by atoms with van der Waals surface area (Å²) >= 11 is 0. The van der Waals surface area contributed by atoms with E-state index in [0.29, 0.717) is 5.76 Å². The van der Waals surface area contributed by atoms with E-state index in [1.54, 1.807) is 18.2 Å². The van der Waals surface area contributed by atoms with Gasteiger partial charge < -0.3 is 29.4 Å². The average Bonchev–Trinajstić information content (AvgIpc) is 3.39. The van der Waals surface area contributed by atoms with E-state index >= 15 is 0 Å². The molecular formula is C27H31N3O7S. The van der Waals surface area contributed by atoms with Crippen LogP contribution in [-0.4, -0.2) is 74.4 Å². The molecule has 4 N–H and O–H groups in total. The van der Waals surface area contributed by atoms with Crippen molar-refractivity contribution in [1.29, 1.82) is 5.26 Å². The van der Waals surface area contributed by atoms with Gasteiger partial charge >= 0.3 is 0 Å². The second-order valence-corrected chi connectivity index (χ2v) is 10.7. The number of sulfonamides is 1. The van der Waals surface area contributed by atoms with Gasteiger partial charge in [-0.15, -0.1) is 0 Å². The van der Waals surface area contributed by atoms with E-state index in [0.717, 1.165) is 41.2 Å². The number of hydrogen-bond acceptors (Lipinski definition) is 9. The SMILES string of the molecule is CCN(CC)c1ccc2cc(-c3ccc(/C=C(\C#N)S(=O)(=O)N[C@H]4CO[C@H](CO)[C@@H](O)[C@@H]4O)o3)ccc2c1. The number of nitrogens with zero attached hydrogens (tertiary/aromatic N) is 2. The van der Waals surface area contributed by atoms with Gasteiger partial charge in [-0.05, 0) is 55.0 Å². The first-order valence-corrected chi connectivity index (χ1v) is 13.8. The number of hydrogen-bond donors (Lipinski definition) is 4.